The molecular weight excluding hydrogens is 482 g/mol. The second kappa shape index (κ2) is 9.45. The van der Waals surface area contributed by atoms with Gasteiger partial charge in [-0.25, -0.2) is 4.79 Å². The minimum Gasteiger partial charge on any atom is -0.484 e. The van der Waals surface area contributed by atoms with Crippen molar-refractivity contribution in [2.45, 2.75) is 6.92 Å². The van der Waals surface area contributed by atoms with E-state index in [1.165, 1.54) is 42.5 Å². The van der Waals surface area contributed by atoms with E-state index in [-0.39, 0.29) is 14.9 Å². The van der Waals surface area contributed by atoms with Crippen molar-refractivity contribution in [1.82, 2.24) is 10.4 Å². The molecule has 0 spiro atoms. The van der Waals surface area contributed by atoms with Crippen molar-refractivity contribution in [1.29, 1.82) is 0 Å². The normalized spacial score (nSPS) is 14.6. The Labute approximate surface area is 201 Å². The first-order valence-corrected chi connectivity index (χ1v) is 10.9. The van der Waals surface area contributed by atoms with Crippen molar-refractivity contribution in [2.24, 2.45) is 0 Å². The summed E-state index contributed by atoms with van der Waals surface area (Å²) in [4.78, 5) is 47.1. The Bertz CT molecular complexity index is 1430. The molecule has 1 saturated heterocycles. The summed E-state index contributed by atoms with van der Waals surface area (Å²) in [6, 6.07) is 11.9. The van der Waals surface area contributed by atoms with Crippen LogP contribution in [0.25, 0.3) is 17.0 Å². The van der Waals surface area contributed by atoms with Crippen molar-refractivity contribution in [3.8, 4) is 5.75 Å². The van der Waals surface area contributed by atoms with Crippen LogP contribution in [0.15, 0.2) is 62.6 Å². The SMILES string of the molecule is Cc1cc(=O)oc2cc(OCC(=O)NN3C(=O)/C(=C\c4ccc([N+](=O)[O-])cc4)SC3=S)ccc12. The Morgan fingerprint density at radius 1 is 1.24 bits per heavy atom. The van der Waals surface area contributed by atoms with Crippen LogP contribution >= 0.6 is 24.0 Å². The molecule has 34 heavy (non-hydrogen) atoms. The number of thiocarbonyl (C=S) groups is 1. The maximum Gasteiger partial charge on any atom is 0.336 e. The minimum absolute atomic E-state index is 0.0688. The summed E-state index contributed by atoms with van der Waals surface area (Å²) in [5.74, 6) is -0.858. The zero-order valence-corrected chi connectivity index (χ0v) is 19.1. The number of benzene rings is 2. The largest absolute Gasteiger partial charge is 0.484 e. The zero-order chi connectivity index (χ0) is 24.4. The van der Waals surface area contributed by atoms with Crippen LogP contribution in [0.3, 0.4) is 0 Å². The van der Waals surface area contributed by atoms with Gasteiger partial charge in [-0.15, -0.1) is 0 Å². The molecule has 12 heteroatoms. The van der Waals surface area contributed by atoms with E-state index in [9.17, 15) is 24.5 Å². The molecule has 10 nitrogen and oxygen atoms in total. The first kappa shape index (κ1) is 23.1. The van der Waals surface area contributed by atoms with Gasteiger partial charge in [0.15, 0.2) is 10.9 Å². The van der Waals surface area contributed by atoms with E-state index < -0.39 is 29.0 Å². The number of amides is 2. The Hall–Kier alpha value is -4.03. The highest BCUT2D eigenvalue weighted by Crippen LogP contribution is 2.31. The highest BCUT2D eigenvalue weighted by Gasteiger charge is 2.33. The molecule has 1 fully saturated rings. The van der Waals surface area contributed by atoms with Gasteiger partial charge in [0, 0.05) is 29.7 Å². The fourth-order valence-electron chi connectivity index (χ4n) is 3.11. The molecule has 2 aromatic carbocycles. The second-order valence-electron chi connectivity index (χ2n) is 7.10. The smallest absolute Gasteiger partial charge is 0.336 e. The molecule has 1 aromatic heterocycles. The van der Waals surface area contributed by atoms with Crippen molar-refractivity contribution < 1.29 is 23.7 Å². The molecule has 1 aliphatic rings. The van der Waals surface area contributed by atoms with E-state index in [4.69, 9.17) is 21.4 Å². The highest BCUT2D eigenvalue weighted by atomic mass is 32.2. The lowest BCUT2D eigenvalue weighted by Gasteiger charge is -2.16. The molecule has 0 saturated carbocycles. The number of thioether (sulfide) groups is 1. The number of nitro groups is 1. The topological polar surface area (TPSA) is 132 Å². The highest BCUT2D eigenvalue weighted by molar-refractivity contribution is 8.26. The van der Waals surface area contributed by atoms with Gasteiger partial charge >= 0.3 is 5.63 Å². The van der Waals surface area contributed by atoms with Crippen LogP contribution in [0, 0.1) is 17.0 Å². The van der Waals surface area contributed by atoms with E-state index in [0.717, 1.165) is 27.7 Å². The lowest BCUT2D eigenvalue weighted by atomic mass is 10.1. The molecule has 4 rings (SSSR count). The number of ether oxygens (including phenoxy) is 1. The standard InChI is InChI=1S/C22H15N3O7S2/c1-12-8-20(27)32-17-10-15(6-7-16(12)17)31-11-19(26)23-24-21(28)18(34-22(24)33)9-13-2-4-14(5-3-13)25(29)30/h2-10H,11H2,1H3,(H,23,26)/b18-9+. The number of nitrogens with one attached hydrogen (secondary N) is 1. The van der Waals surface area contributed by atoms with E-state index in [1.807, 2.05) is 0 Å². The number of hydrogen-bond acceptors (Lipinski definition) is 9. The van der Waals surface area contributed by atoms with Gasteiger partial charge in [-0.2, -0.15) is 5.01 Å². The Balaban J connectivity index is 1.39. The average molecular weight is 498 g/mol. The van der Waals surface area contributed by atoms with Crippen molar-refractivity contribution >= 4 is 62.8 Å². The lowest BCUT2D eigenvalue weighted by Crippen LogP contribution is -2.46. The van der Waals surface area contributed by atoms with Crippen molar-refractivity contribution in [3.63, 3.8) is 0 Å². The van der Waals surface area contributed by atoms with Gasteiger partial charge in [-0.3, -0.25) is 25.1 Å². The van der Waals surface area contributed by atoms with Gasteiger partial charge in [0.1, 0.15) is 11.3 Å². The van der Waals surface area contributed by atoms with Crippen LogP contribution in [0.2, 0.25) is 0 Å². The molecule has 0 aliphatic carbocycles. The number of fused-ring (bicyclic) bond motifs is 1. The molecular formula is C22H15N3O7S2. The minimum atomic E-state index is -0.626. The van der Waals surface area contributed by atoms with Gasteiger partial charge in [-0.1, -0.05) is 11.8 Å². The fourth-order valence-corrected chi connectivity index (χ4v) is 4.29. The maximum absolute atomic E-state index is 12.7. The van der Waals surface area contributed by atoms with Crippen LogP contribution in [-0.2, 0) is 9.59 Å². The number of hydrazine groups is 1. The summed E-state index contributed by atoms with van der Waals surface area (Å²) in [6.07, 6.45) is 1.52. The van der Waals surface area contributed by atoms with Crippen LogP contribution in [0.4, 0.5) is 5.69 Å². The molecule has 1 aliphatic heterocycles. The fraction of sp³-hybridized carbons (Fsp3) is 0.0909. The quantitative estimate of drug-likeness (QED) is 0.179. The molecule has 0 atom stereocenters. The third kappa shape index (κ3) is 4.97. The molecule has 3 aromatic rings. The van der Waals surface area contributed by atoms with Crippen LogP contribution in [-0.4, -0.2) is 32.7 Å². The average Bonchev–Trinajstić information content (AvgIpc) is 3.05. The van der Waals surface area contributed by atoms with Crippen LogP contribution in [0.5, 0.6) is 5.75 Å². The summed E-state index contributed by atoms with van der Waals surface area (Å²) in [5, 5.41) is 12.4. The number of nitro benzene ring substituents is 1. The summed E-state index contributed by atoms with van der Waals surface area (Å²) in [7, 11) is 0. The van der Waals surface area contributed by atoms with Crippen LogP contribution in [0.1, 0.15) is 11.1 Å². The monoisotopic (exact) mass is 497 g/mol. The second-order valence-corrected chi connectivity index (χ2v) is 8.77. The predicted molar refractivity (Wildman–Crippen MR) is 129 cm³/mol. The van der Waals surface area contributed by atoms with Gasteiger partial charge < -0.3 is 9.15 Å². The van der Waals surface area contributed by atoms with E-state index >= 15 is 0 Å². The van der Waals surface area contributed by atoms with Crippen molar-refractivity contribution in [2.75, 3.05) is 6.61 Å². The number of hydrogen-bond donors (Lipinski definition) is 1. The Morgan fingerprint density at radius 2 is 1.97 bits per heavy atom. The number of non-ortho nitro benzene ring substituents is 1. The van der Waals surface area contributed by atoms with Gasteiger partial charge in [0.2, 0.25) is 0 Å². The lowest BCUT2D eigenvalue weighted by molar-refractivity contribution is -0.384. The molecule has 172 valence electrons. The summed E-state index contributed by atoms with van der Waals surface area (Å²) >= 11 is 6.16. The molecule has 0 unspecified atom stereocenters. The third-order valence-corrected chi connectivity index (χ3v) is 6.03. The summed E-state index contributed by atoms with van der Waals surface area (Å²) in [5.41, 5.74) is 3.49. The predicted octanol–water partition coefficient (Wildman–Crippen LogP) is 3.32. The number of nitrogens with zero attached hydrogens (tertiary/aromatic N) is 2. The molecule has 2 heterocycles. The Morgan fingerprint density at radius 3 is 2.68 bits per heavy atom. The van der Waals surface area contributed by atoms with E-state index in [2.05, 4.69) is 5.43 Å². The molecule has 1 N–H and O–H groups in total. The third-order valence-electron chi connectivity index (χ3n) is 4.72. The number of aryl methyl sites for hydroxylation is 1. The molecule has 0 bridgehead atoms. The number of carbonyl (C=O) groups is 2. The van der Waals surface area contributed by atoms with Gasteiger partial charge in [-0.05, 0) is 60.6 Å². The van der Waals surface area contributed by atoms with E-state index in [0.29, 0.717) is 16.9 Å². The summed E-state index contributed by atoms with van der Waals surface area (Å²) < 4.78 is 10.7. The van der Waals surface area contributed by atoms with Crippen molar-refractivity contribution in [3.05, 3.63) is 85.1 Å². The number of carbonyl (C=O) groups excluding carboxylic acids is 2. The van der Waals surface area contributed by atoms with E-state index in [1.54, 1.807) is 19.1 Å². The number of rotatable bonds is 6. The first-order chi connectivity index (χ1) is 16.2. The summed E-state index contributed by atoms with van der Waals surface area (Å²) in [6.45, 7) is 1.37. The molecule has 0 radical (unpaired) electrons. The first-order valence-electron chi connectivity index (χ1n) is 9.70. The molecule has 2 amide bonds. The maximum atomic E-state index is 12.7. The Kier molecular flexibility index (Phi) is 6.43. The zero-order valence-electron chi connectivity index (χ0n) is 17.5. The van der Waals surface area contributed by atoms with Gasteiger partial charge in [0.05, 0.1) is 9.83 Å². The van der Waals surface area contributed by atoms with Crippen LogP contribution < -0.4 is 15.8 Å². The van der Waals surface area contributed by atoms with Gasteiger partial charge in [0.25, 0.3) is 17.5 Å².